The molecule has 0 saturated carbocycles. The second-order valence-corrected chi connectivity index (χ2v) is 5.97. The zero-order chi connectivity index (χ0) is 15.5. The summed E-state index contributed by atoms with van der Waals surface area (Å²) in [5, 5.41) is 3.41. The molecule has 0 saturated heterocycles. The van der Waals surface area contributed by atoms with Crippen molar-refractivity contribution in [3.05, 3.63) is 34.4 Å². The van der Waals surface area contributed by atoms with Gasteiger partial charge >= 0.3 is 0 Å². The molecule has 0 radical (unpaired) electrons. The van der Waals surface area contributed by atoms with Crippen LogP contribution in [0.4, 0.5) is 0 Å². The van der Waals surface area contributed by atoms with E-state index in [1.807, 2.05) is 0 Å². The van der Waals surface area contributed by atoms with E-state index < -0.39 is 0 Å². The van der Waals surface area contributed by atoms with Crippen LogP contribution in [0.2, 0.25) is 0 Å². The molecule has 1 nitrogen and oxygen atoms in total. The average Bonchev–Trinajstić information content (AvgIpc) is 2.53. The van der Waals surface area contributed by atoms with Crippen LogP contribution < -0.4 is 5.32 Å². The fraction of sp³-hybridized carbons (Fsp3) is 0.700. The van der Waals surface area contributed by atoms with Crippen molar-refractivity contribution >= 4 is 0 Å². The molecular formula is C20H35N. The van der Waals surface area contributed by atoms with Crippen LogP contribution in [-0.2, 0) is 25.7 Å². The molecule has 1 aromatic carbocycles. The van der Waals surface area contributed by atoms with Gasteiger partial charge in [-0.15, -0.1) is 0 Å². The lowest BCUT2D eigenvalue weighted by atomic mass is 9.90. The molecule has 0 bridgehead atoms. The first-order valence-corrected chi connectivity index (χ1v) is 9.10. The van der Waals surface area contributed by atoms with E-state index in [9.17, 15) is 0 Å². The smallest absolute Gasteiger partial charge is 0.00490 e. The van der Waals surface area contributed by atoms with Crippen molar-refractivity contribution in [2.45, 2.75) is 79.1 Å². The van der Waals surface area contributed by atoms with Gasteiger partial charge in [0.05, 0.1) is 0 Å². The summed E-state index contributed by atoms with van der Waals surface area (Å²) in [6, 6.07) is 4.89. The van der Waals surface area contributed by atoms with Crippen LogP contribution in [0.1, 0.15) is 75.6 Å². The van der Waals surface area contributed by atoms with Crippen LogP contribution >= 0.6 is 0 Å². The first kappa shape index (κ1) is 18.2. The fourth-order valence-corrected chi connectivity index (χ4v) is 3.11. The molecule has 0 heterocycles. The highest BCUT2D eigenvalue weighted by Crippen LogP contribution is 2.22. The minimum atomic E-state index is 1.10. The molecule has 21 heavy (non-hydrogen) atoms. The molecule has 1 aromatic rings. The maximum absolute atomic E-state index is 3.41. The molecule has 0 spiro atoms. The lowest BCUT2D eigenvalue weighted by molar-refractivity contribution is 0.596. The third kappa shape index (κ3) is 6.22. The Morgan fingerprint density at radius 3 is 1.90 bits per heavy atom. The van der Waals surface area contributed by atoms with Gasteiger partial charge in [0, 0.05) is 0 Å². The van der Waals surface area contributed by atoms with Crippen molar-refractivity contribution < 1.29 is 0 Å². The Hall–Kier alpha value is -0.820. The zero-order valence-electron chi connectivity index (χ0n) is 14.7. The third-order valence-electron chi connectivity index (χ3n) is 4.44. The highest BCUT2D eigenvalue weighted by Gasteiger charge is 2.08. The minimum absolute atomic E-state index is 1.10. The number of aryl methyl sites for hydroxylation is 3. The van der Waals surface area contributed by atoms with Crippen molar-refractivity contribution in [1.29, 1.82) is 0 Å². The van der Waals surface area contributed by atoms with Gasteiger partial charge in [-0.1, -0.05) is 52.7 Å². The molecular weight excluding hydrogens is 254 g/mol. The number of rotatable bonds is 11. The molecule has 0 aliphatic rings. The topological polar surface area (TPSA) is 12.0 Å². The van der Waals surface area contributed by atoms with Gasteiger partial charge in [0.25, 0.3) is 0 Å². The largest absolute Gasteiger partial charge is 0.317 e. The second kappa shape index (κ2) is 10.8. The van der Waals surface area contributed by atoms with Crippen molar-refractivity contribution in [1.82, 2.24) is 5.32 Å². The molecule has 0 unspecified atom stereocenters. The standard InChI is InChI=1S/C20H35N/c1-5-17-15-18(6-2)20(19(7-3)16-17)13-11-9-10-12-14-21-8-4/h15-16,21H,5-14H2,1-4H3. The Balaban J connectivity index is 2.53. The lowest BCUT2D eigenvalue weighted by Crippen LogP contribution is -2.13. The van der Waals surface area contributed by atoms with Gasteiger partial charge in [0.1, 0.15) is 0 Å². The highest BCUT2D eigenvalue weighted by molar-refractivity contribution is 5.39. The van der Waals surface area contributed by atoms with Crippen LogP contribution in [0.25, 0.3) is 0 Å². The van der Waals surface area contributed by atoms with Gasteiger partial charge in [-0.25, -0.2) is 0 Å². The summed E-state index contributed by atoms with van der Waals surface area (Å²) in [4.78, 5) is 0. The molecule has 1 N–H and O–H groups in total. The van der Waals surface area contributed by atoms with Gasteiger partial charge in [-0.05, 0) is 73.9 Å². The normalized spacial score (nSPS) is 11.0. The van der Waals surface area contributed by atoms with Gasteiger partial charge in [0.2, 0.25) is 0 Å². The molecule has 0 amide bonds. The van der Waals surface area contributed by atoms with E-state index in [1.165, 1.54) is 57.1 Å². The molecule has 0 atom stereocenters. The maximum atomic E-state index is 3.41. The summed E-state index contributed by atoms with van der Waals surface area (Å²) in [5.74, 6) is 0. The van der Waals surface area contributed by atoms with Crippen LogP contribution in [0, 0.1) is 0 Å². The Labute approximate surface area is 132 Å². The highest BCUT2D eigenvalue weighted by atomic mass is 14.8. The maximum Gasteiger partial charge on any atom is -0.00490 e. The summed E-state index contributed by atoms with van der Waals surface area (Å²) in [6.07, 6.45) is 10.2. The van der Waals surface area contributed by atoms with Crippen LogP contribution in [-0.4, -0.2) is 13.1 Å². The monoisotopic (exact) mass is 289 g/mol. The molecule has 120 valence electrons. The number of unbranched alkanes of at least 4 members (excludes halogenated alkanes) is 3. The SMILES string of the molecule is CCNCCCCCCc1c(CC)cc(CC)cc1CC. The Morgan fingerprint density at radius 1 is 0.762 bits per heavy atom. The molecule has 1 heteroatoms. The third-order valence-corrected chi connectivity index (χ3v) is 4.44. The minimum Gasteiger partial charge on any atom is -0.317 e. The summed E-state index contributed by atoms with van der Waals surface area (Å²) < 4.78 is 0. The average molecular weight is 290 g/mol. The van der Waals surface area contributed by atoms with Crippen molar-refractivity contribution in [2.24, 2.45) is 0 Å². The van der Waals surface area contributed by atoms with E-state index in [1.54, 1.807) is 16.7 Å². The Kier molecular flexibility index (Phi) is 9.41. The number of nitrogens with one attached hydrogen (secondary N) is 1. The summed E-state index contributed by atoms with van der Waals surface area (Å²) in [6.45, 7) is 11.3. The number of hydrogen-bond donors (Lipinski definition) is 1. The van der Waals surface area contributed by atoms with Crippen molar-refractivity contribution in [3.63, 3.8) is 0 Å². The van der Waals surface area contributed by atoms with E-state index in [0.717, 1.165) is 13.0 Å². The van der Waals surface area contributed by atoms with Crippen LogP contribution in [0.3, 0.4) is 0 Å². The Bertz CT molecular complexity index is 370. The molecule has 0 aromatic heterocycles. The van der Waals surface area contributed by atoms with Gasteiger partial charge in [-0.3, -0.25) is 0 Å². The molecule has 0 fully saturated rings. The zero-order valence-corrected chi connectivity index (χ0v) is 14.7. The summed E-state index contributed by atoms with van der Waals surface area (Å²) in [5.41, 5.74) is 6.36. The number of hydrogen-bond acceptors (Lipinski definition) is 1. The van der Waals surface area contributed by atoms with Crippen molar-refractivity contribution in [2.75, 3.05) is 13.1 Å². The fourth-order valence-electron chi connectivity index (χ4n) is 3.11. The van der Waals surface area contributed by atoms with E-state index >= 15 is 0 Å². The summed E-state index contributed by atoms with van der Waals surface area (Å²) in [7, 11) is 0. The Morgan fingerprint density at radius 2 is 1.38 bits per heavy atom. The summed E-state index contributed by atoms with van der Waals surface area (Å²) >= 11 is 0. The second-order valence-electron chi connectivity index (χ2n) is 5.97. The molecule has 0 aliphatic carbocycles. The first-order chi connectivity index (χ1) is 10.3. The predicted octanol–water partition coefficient (Wildman–Crippen LogP) is 5.09. The van der Waals surface area contributed by atoms with E-state index in [4.69, 9.17) is 0 Å². The predicted molar refractivity (Wildman–Crippen MR) is 95.3 cm³/mol. The molecule has 0 aliphatic heterocycles. The van der Waals surface area contributed by atoms with Crippen LogP contribution in [0.15, 0.2) is 12.1 Å². The van der Waals surface area contributed by atoms with Crippen molar-refractivity contribution in [3.8, 4) is 0 Å². The van der Waals surface area contributed by atoms with E-state index in [2.05, 4.69) is 45.1 Å². The number of benzene rings is 1. The molecule has 1 rings (SSSR count). The lowest BCUT2D eigenvalue weighted by Gasteiger charge is -2.15. The first-order valence-electron chi connectivity index (χ1n) is 9.10. The van der Waals surface area contributed by atoms with Gasteiger partial charge in [0.15, 0.2) is 0 Å². The quantitative estimate of drug-likeness (QED) is 0.560. The van der Waals surface area contributed by atoms with Crippen LogP contribution in [0.5, 0.6) is 0 Å². The van der Waals surface area contributed by atoms with Gasteiger partial charge in [-0.2, -0.15) is 0 Å². The van der Waals surface area contributed by atoms with E-state index in [-0.39, 0.29) is 0 Å². The van der Waals surface area contributed by atoms with E-state index in [0.29, 0.717) is 0 Å². The van der Waals surface area contributed by atoms with Gasteiger partial charge < -0.3 is 5.32 Å².